The molecule has 1 aromatic heterocycles. The third-order valence-corrected chi connectivity index (χ3v) is 4.22. The highest BCUT2D eigenvalue weighted by Crippen LogP contribution is 2.16. The van der Waals surface area contributed by atoms with Crippen LogP contribution < -0.4 is 10.6 Å². The summed E-state index contributed by atoms with van der Waals surface area (Å²) in [5.74, 6) is 0.0101. The van der Waals surface area contributed by atoms with Gasteiger partial charge in [0.25, 0.3) is 5.91 Å². The molecule has 0 aromatic carbocycles. The first-order valence-electron chi connectivity index (χ1n) is 4.97. The molecule has 2 amide bonds. The Morgan fingerprint density at radius 3 is 3.00 bits per heavy atom. The Morgan fingerprint density at radius 1 is 1.62 bits per heavy atom. The van der Waals surface area contributed by atoms with Gasteiger partial charge in [0.2, 0.25) is 5.91 Å². The Morgan fingerprint density at radius 2 is 2.44 bits per heavy atom. The van der Waals surface area contributed by atoms with Crippen molar-refractivity contribution < 1.29 is 9.59 Å². The molecule has 0 bridgehead atoms. The highest BCUT2D eigenvalue weighted by atomic mass is 127. The summed E-state index contributed by atoms with van der Waals surface area (Å²) >= 11 is 3.74. The third-order valence-electron chi connectivity index (χ3n) is 2.43. The van der Waals surface area contributed by atoms with Gasteiger partial charge in [0, 0.05) is 24.4 Å². The molecular weight excluding hydrogens is 339 g/mol. The van der Waals surface area contributed by atoms with Gasteiger partial charge in [0.1, 0.15) is 0 Å². The Bertz CT molecular complexity index is 409. The number of amides is 2. The first-order valence-corrected chi connectivity index (χ1v) is 6.92. The van der Waals surface area contributed by atoms with Gasteiger partial charge in [-0.15, -0.1) is 11.3 Å². The van der Waals surface area contributed by atoms with Crippen molar-refractivity contribution in [3.05, 3.63) is 19.9 Å². The van der Waals surface area contributed by atoms with E-state index in [0.717, 1.165) is 9.30 Å². The highest BCUT2D eigenvalue weighted by molar-refractivity contribution is 14.1. The molecule has 1 atom stereocenters. The van der Waals surface area contributed by atoms with Gasteiger partial charge in [-0.2, -0.15) is 0 Å². The van der Waals surface area contributed by atoms with Crippen LogP contribution in [-0.4, -0.2) is 24.4 Å². The molecule has 6 heteroatoms. The van der Waals surface area contributed by atoms with E-state index in [1.165, 1.54) is 0 Å². The van der Waals surface area contributed by atoms with Crippen LogP contribution in [0, 0.1) is 2.88 Å². The zero-order valence-corrected chi connectivity index (χ0v) is 11.4. The summed E-state index contributed by atoms with van der Waals surface area (Å²) in [5, 5.41) is 7.51. The van der Waals surface area contributed by atoms with Crippen molar-refractivity contribution in [2.45, 2.75) is 18.9 Å². The van der Waals surface area contributed by atoms with E-state index < -0.39 is 0 Å². The maximum absolute atomic E-state index is 11.8. The molecule has 2 rings (SSSR count). The topological polar surface area (TPSA) is 58.2 Å². The lowest BCUT2D eigenvalue weighted by atomic mass is 10.1. The first-order chi connectivity index (χ1) is 7.65. The van der Waals surface area contributed by atoms with Crippen LogP contribution >= 0.6 is 33.9 Å². The zero-order chi connectivity index (χ0) is 11.5. The molecule has 1 saturated heterocycles. The van der Waals surface area contributed by atoms with Crippen LogP contribution in [0.1, 0.15) is 23.2 Å². The van der Waals surface area contributed by atoms with Crippen molar-refractivity contribution in [3.63, 3.8) is 0 Å². The number of piperidine rings is 1. The molecule has 1 fully saturated rings. The summed E-state index contributed by atoms with van der Waals surface area (Å²) in [6, 6.07) is 1.92. The molecule has 0 saturated carbocycles. The van der Waals surface area contributed by atoms with Crippen LogP contribution in [0.4, 0.5) is 0 Å². The Balaban J connectivity index is 1.90. The van der Waals surface area contributed by atoms with E-state index in [1.54, 1.807) is 11.3 Å². The molecular formula is C10H11IN2O2S. The number of halogens is 1. The summed E-state index contributed by atoms with van der Waals surface area (Å²) in [6.45, 7) is 0.534. The molecule has 1 aliphatic rings. The number of nitrogens with one attached hydrogen (secondary N) is 2. The molecule has 1 aliphatic heterocycles. The van der Waals surface area contributed by atoms with E-state index >= 15 is 0 Å². The molecule has 16 heavy (non-hydrogen) atoms. The summed E-state index contributed by atoms with van der Waals surface area (Å²) in [6.07, 6.45) is 1.21. The van der Waals surface area contributed by atoms with E-state index in [-0.39, 0.29) is 17.9 Å². The van der Waals surface area contributed by atoms with Gasteiger partial charge in [-0.05, 0) is 35.1 Å². The lowest BCUT2D eigenvalue weighted by molar-refractivity contribution is -0.122. The fourth-order valence-corrected chi connectivity index (χ4v) is 2.88. The minimum absolute atomic E-state index is 0.0553. The van der Waals surface area contributed by atoms with Crippen molar-refractivity contribution in [1.82, 2.24) is 10.6 Å². The minimum Gasteiger partial charge on any atom is -0.354 e. The van der Waals surface area contributed by atoms with Crippen LogP contribution in [0.5, 0.6) is 0 Å². The maximum atomic E-state index is 11.8. The molecule has 86 valence electrons. The average molecular weight is 350 g/mol. The summed E-state index contributed by atoms with van der Waals surface area (Å²) in [5.41, 5.74) is 0.700. The summed E-state index contributed by atoms with van der Waals surface area (Å²) < 4.78 is 1.10. The summed E-state index contributed by atoms with van der Waals surface area (Å²) in [4.78, 5) is 22.7. The van der Waals surface area contributed by atoms with E-state index in [0.29, 0.717) is 18.5 Å². The number of carbonyl (C=O) groups excluding carboxylic acids is 2. The standard InChI is InChI=1S/C10H11IN2O2S/c11-8-3-6(5-16-8)10(15)13-7-1-2-9(14)12-4-7/h3,5,7H,1-2,4H2,(H,12,14)(H,13,15). The second kappa shape index (κ2) is 5.13. The van der Waals surface area contributed by atoms with Crippen molar-refractivity contribution in [3.8, 4) is 0 Å². The van der Waals surface area contributed by atoms with Crippen LogP contribution in [0.25, 0.3) is 0 Å². The van der Waals surface area contributed by atoms with Crippen molar-refractivity contribution in [2.75, 3.05) is 6.54 Å². The van der Waals surface area contributed by atoms with Gasteiger partial charge >= 0.3 is 0 Å². The van der Waals surface area contributed by atoms with Gasteiger partial charge in [0.05, 0.1) is 8.45 Å². The van der Waals surface area contributed by atoms with Gasteiger partial charge in [-0.1, -0.05) is 0 Å². The van der Waals surface area contributed by atoms with Gasteiger partial charge in [-0.25, -0.2) is 0 Å². The van der Waals surface area contributed by atoms with Crippen LogP contribution in [0.15, 0.2) is 11.4 Å². The Hall–Kier alpha value is -0.630. The number of thiophene rings is 1. The van der Waals surface area contributed by atoms with E-state index in [4.69, 9.17) is 0 Å². The smallest absolute Gasteiger partial charge is 0.252 e. The largest absolute Gasteiger partial charge is 0.354 e. The lowest BCUT2D eigenvalue weighted by Crippen LogP contribution is -2.47. The predicted molar refractivity (Wildman–Crippen MR) is 70.5 cm³/mol. The fourth-order valence-electron chi connectivity index (χ4n) is 1.55. The van der Waals surface area contributed by atoms with Crippen LogP contribution in [-0.2, 0) is 4.79 Å². The molecule has 1 unspecified atom stereocenters. The third kappa shape index (κ3) is 2.94. The van der Waals surface area contributed by atoms with Crippen LogP contribution in [0.3, 0.4) is 0 Å². The average Bonchev–Trinajstić information content (AvgIpc) is 2.68. The molecule has 2 heterocycles. The highest BCUT2D eigenvalue weighted by Gasteiger charge is 2.20. The Kier molecular flexibility index (Phi) is 3.80. The second-order valence-corrected chi connectivity index (χ2v) is 6.46. The van der Waals surface area contributed by atoms with Gasteiger partial charge in [-0.3, -0.25) is 9.59 Å². The maximum Gasteiger partial charge on any atom is 0.252 e. The minimum atomic E-state index is -0.0553. The zero-order valence-electron chi connectivity index (χ0n) is 8.46. The quantitative estimate of drug-likeness (QED) is 0.792. The molecule has 4 nitrogen and oxygen atoms in total. The van der Waals surface area contributed by atoms with E-state index in [9.17, 15) is 9.59 Å². The molecule has 0 aliphatic carbocycles. The van der Waals surface area contributed by atoms with E-state index in [1.807, 2.05) is 11.4 Å². The molecule has 2 N–H and O–H groups in total. The van der Waals surface area contributed by atoms with Gasteiger partial charge in [0.15, 0.2) is 0 Å². The van der Waals surface area contributed by atoms with Crippen molar-refractivity contribution in [1.29, 1.82) is 0 Å². The summed E-state index contributed by atoms with van der Waals surface area (Å²) in [7, 11) is 0. The first kappa shape index (κ1) is 11.8. The molecule has 0 radical (unpaired) electrons. The monoisotopic (exact) mass is 350 g/mol. The van der Waals surface area contributed by atoms with Crippen molar-refractivity contribution >= 4 is 45.7 Å². The number of hydrogen-bond donors (Lipinski definition) is 2. The van der Waals surface area contributed by atoms with Gasteiger partial charge < -0.3 is 10.6 Å². The van der Waals surface area contributed by atoms with Crippen molar-refractivity contribution in [2.24, 2.45) is 0 Å². The second-order valence-electron chi connectivity index (χ2n) is 3.65. The lowest BCUT2D eigenvalue weighted by Gasteiger charge is -2.23. The number of carbonyl (C=O) groups is 2. The number of hydrogen-bond acceptors (Lipinski definition) is 3. The van der Waals surface area contributed by atoms with Crippen LogP contribution in [0.2, 0.25) is 0 Å². The molecule has 1 aromatic rings. The molecule has 0 spiro atoms. The predicted octanol–water partition coefficient (Wildman–Crippen LogP) is 1.36. The fraction of sp³-hybridized carbons (Fsp3) is 0.400. The van der Waals surface area contributed by atoms with E-state index in [2.05, 4.69) is 33.2 Å². The number of rotatable bonds is 2. The Labute approximate surface area is 111 Å². The SMILES string of the molecule is O=C1CCC(NC(=O)c2csc(I)c2)CN1. The normalized spacial score (nSPS) is 20.3.